The van der Waals surface area contributed by atoms with Gasteiger partial charge in [-0.05, 0) is 54.4 Å². The number of hydrogen-bond donors (Lipinski definition) is 0. The van der Waals surface area contributed by atoms with Crippen LogP contribution in [-0.4, -0.2) is 25.2 Å². The first-order chi connectivity index (χ1) is 14.2. The second-order valence-corrected chi connectivity index (χ2v) is 8.81. The van der Waals surface area contributed by atoms with Crippen molar-refractivity contribution < 1.29 is 215 Å². The summed E-state index contributed by atoms with van der Waals surface area (Å²) in [6.07, 6.45) is 6.80. The van der Waals surface area contributed by atoms with Crippen LogP contribution >= 0.6 is 0 Å². The first-order valence-electron chi connectivity index (χ1n) is 11.2. The fourth-order valence-electron chi connectivity index (χ4n) is 4.03. The Morgan fingerprint density at radius 3 is 1.81 bits per heavy atom. The molecule has 4 unspecified atom stereocenters. The van der Waals surface area contributed by atoms with Gasteiger partial charge in [-0.1, -0.05) is 58.0 Å². The molecule has 0 heterocycles. The van der Waals surface area contributed by atoms with Gasteiger partial charge in [0, 0.05) is 196 Å². The van der Waals surface area contributed by atoms with Crippen molar-refractivity contribution in [1.82, 2.24) is 0 Å². The predicted molar refractivity (Wildman–Crippen MR) is 122 cm³/mol. The number of hydrogen-bond acceptors (Lipinski definition) is 4. The Morgan fingerprint density at radius 1 is 0.833 bits per heavy atom. The van der Waals surface area contributed by atoms with Crippen molar-refractivity contribution in [3.63, 3.8) is 0 Å². The number of benzene rings is 1. The second-order valence-electron chi connectivity index (χ2n) is 8.81. The van der Waals surface area contributed by atoms with E-state index in [1.54, 1.807) is 13.8 Å². The summed E-state index contributed by atoms with van der Waals surface area (Å²) in [5.74, 6) is 0.559. The monoisotopic (exact) mass is 950 g/mol. The van der Waals surface area contributed by atoms with Crippen LogP contribution in [0.3, 0.4) is 0 Å². The van der Waals surface area contributed by atoms with E-state index in [0.717, 1.165) is 25.7 Å². The molecule has 0 saturated heterocycles. The van der Waals surface area contributed by atoms with Crippen LogP contribution in [0.25, 0.3) is 0 Å². The molecule has 188 valence electrons. The van der Waals surface area contributed by atoms with Gasteiger partial charge >= 0.3 is 0 Å². The van der Waals surface area contributed by atoms with E-state index in [9.17, 15) is 9.59 Å². The molecular weight excluding hydrogens is 910 g/mol. The van der Waals surface area contributed by atoms with Gasteiger partial charge in [0.1, 0.15) is 0 Å². The number of rotatable bonds is 14. The fraction of sp³-hybridized carbons (Fsp3) is 0.615. The van der Waals surface area contributed by atoms with Gasteiger partial charge in [0.25, 0.3) is 0 Å². The van der Waals surface area contributed by atoms with Crippen molar-refractivity contribution in [1.29, 1.82) is 0 Å². The Kier molecular flexibility index (Phi) is 45.7. The average molecular weight is 950 g/mol. The molecule has 1 aromatic carbocycles. The molecule has 0 aliphatic heterocycles. The fourth-order valence-corrected chi connectivity index (χ4v) is 4.03. The van der Waals surface area contributed by atoms with Gasteiger partial charge in [0.15, 0.2) is 11.9 Å². The largest absolute Gasteiger partial charge is 0.488 e. The van der Waals surface area contributed by atoms with Crippen molar-refractivity contribution in [2.75, 3.05) is 13.2 Å². The molecule has 1 rings (SSSR count). The number of ether oxygens (including phenoxy) is 2. The van der Waals surface area contributed by atoms with Gasteiger partial charge in [0.2, 0.25) is 0 Å². The van der Waals surface area contributed by atoms with E-state index in [4.69, 9.17) is 9.47 Å². The summed E-state index contributed by atoms with van der Waals surface area (Å²) in [5.41, 5.74) is 1.37. The van der Waals surface area contributed by atoms with Crippen LogP contribution < -0.4 is 0 Å². The minimum absolute atomic E-state index is 0. The third-order valence-electron chi connectivity index (χ3n) is 6.20. The average Bonchev–Trinajstić information content (AvgIpc) is 2.75. The molecule has 0 fully saturated rings. The van der Waals surface area contributed by atoms with E-state index in [-0.39, 0.29) is 220 Å². The van der Waals surface area contributed by atoms with Crippen LogP contribution in [0.5, 0.6) is 0 Å². The summed E-state index contributed by atoms with van der Waals surface area (Å²) in [6, 6.07) is 10.6. The number of esters is 2. The zero-order chi connectivity index (χ0) is 22.6. The molecule has 6 radical (unpaired) electrons. The summed E-state index contributed by atoms with van der Waals surface area (Å²) in [6.45, 7) is 13.1. The summed E-state index contributed by atoms with van der Waals surface area (Å²) < 4.78 is 10.7. The minimum Gasteiger partial charge on any atom is -0.488 e. The van der Waals surface area contributed by atoms with E-state index in [1.807, 2.05) is 0 Å². The zero-order valence-corrected chi connectivity index (χ0v) is 40.1. The summed E-state index contributed by atoms with van der Waals surface area (Å²) in [5, 5.41) is 0. The Morgan fingerprint density at radius 2 is 1.33 bits per heavy atom. The number of carbonyl (C=O) groups is 2. The van der Waals surface area contributed by atoms with Gasteiger partial charge in [-0.2, -0.15) is 13.8 Å². The SMILES string of the molecule is C[CH-]C(=O)OCCC(C)(CC(CC)c1ccccc1)CC(C)C(C)COC(=O)[CH-]C.[Y].[Y].[Y].[Y].[Y].[Y]. The van der Waals surface area contributed by atoms with Crippen molar-refractivity contribution in [3.05, 3.63) is 48.7 Å². The van der Waals surface area contributed by atoms with Gasteiger partial charge in [0.05, 0.1) is 13.2 Å². The quantitative estimate of drug-likeness (QED) is 0.166. The maximum absolute atomic E-state index is 11.6. The van der Waals surface area contributed by atoms with Crippen LogP contribution in [0.2, 0.25) is 0 Å². The van der Waals surface area contributed by atoms with Crippen LogP contribution in [0.4, 0.5) is 0 Å². The van der Waals surface area contributed by atoms with Crippen LogP contribution in [0, 0.1) is 30.1 Å². The van der Waals surface area contributed by atoms with Gasteiger partial charge in [-0.3, -0.25) is 22.4 Å². The molecule has 4 nitrogen and oxygen atoms in total. The van der Waals surface area contributed by atoms with Gasteiger partial charge < -0.3 is 9.47 Å². The standard InChI is InChI=1S/C26H40O4.6Y/c1-7-22(23-13-11-10-12-14-23)18-26(6,15-16-29-24(27)8-2)17-20(4)21(5)19-30-25(28)9-3;;;;;;/h8-14,20-22H,7,15-19H2,1-6H3;;;;;;/q-2;;;;;;. The first-order valence-corrected chi connectivity index (χ1v) is 11.2. The summed E-state index contributed by atoms with van der Waals surface area (Å²) in [7, 11) is 0. The van der Waals surface area contributed by atoms with Crippen molar-refractivity contribution >= 4 is 11.9 Å². The normalized spacial score (nSPS) is 13.3. The van der Waals surface area contributed by atoms with Crippen LogP contribution in [0.1, 0.15) is 78.7 Å². The van der Waals surface area contributed by atoms with Gasteiger partial charge in [-0.15, -0.1) is 0 Å². The molecule has 0 bridgehead atoms. The Bertz CT molecular complexity index is 651. The molecule has 0 aliphatic carbocycles. The maximum Gasteiger partial charge on any atom is 0.166 e. The van der Waals surface area contributed by atoms with Gasteiger partial charge in [-0.25, -0.2) is 0 Å². The Labute approximate surface area is 372 Å². The van der Waals surface area contributed by atoms with Crippen molar-refractivity contribution in [2.24, 2.45) is 17.3 Å². The molecule has 0 amide bonds. The van der Waals surface area contributed by atoms with Crippen molar-refractivity contribution in [3.8, 4) is 0 Å². The zero-order valence-electron chi connectivity index (χ0n) is 23.1. The number of carbonyl (C=O) groups excluding carboxylic acids is 2. The molecule has 36 heavy (non-hydrogen) atoms. The van der Waals surface area contributed by atoms with E-state index in [2.05, 4.69) is 58.0 Å². The maximum atomic E-state index is 11.6. The topological polar surface area (TPSA) is 52.6 Å². The minimum atomic E-state index is -0.269. The molecule has 0 N–H and O–H groups in total. The molecule has 4 atom stereocenters. The Hall–Kier alpha value is 4.52. The molecule has 0 saturated carbocycles. The van der Waals surface area contributed by atoms with Crippen LogP contribution in [0.15, 0.2) is 30.3 Å². The van der Waals surface area contributed by atoms with Crippen LogP contribution in [-0.2, 0) is 215 Å². The first kappa shape index (κ1) is 53.1. The van der Waals surface area contributed by atoms with E-state index in [0.29, 0.717) is 25.0 Å². The van der Waals surface area contributed by atoms with Crippen molar-refractivity contribution in [2.45, 2.75) is 73.1 Å². The molecule has 10 heteroatoms. The van der Waals surface area contributed by atoms with E-state index in [1.165, 1.54) is 18.4 Å². The molecule has 0 aromatic heterocycles. The summed E-state index contributed by atoms with van der Waals surface area (Å²) >= 11 is 0. The Balaban J connectivity index is -0.000000375. The van der Waals surface area contributed by atoms with E-state index < -0.39 is 0 Å². The molecule has 0 spiro atoms. The smallest absolute Gasteiger partial charge is 0.166 e. The van der Waals surface area contributed by atoms with E-state index >= 15 is 0 Å². The predicted octanol–water partition coefficient (Wildman–Crippen LogP) is 6.15. The molecular formula is C26H40O4Y6-2. The third kappa shape index (κ3) is 23.0. The summed E-state index contributed by atoms with van der Waals surface area (Å²) in [4.78, 5) is 23.0. The molecule has 1 aromatic rings. The second kappa shape index (κ2) is 31.0. The third-order valence-corrected chi connectivity index (χ3v) is 6.20. The molecule has 0 aliphatic rings.